The van der Waals surface area contributed by atoms with Gasteiger partial charge in [0.25, 0.3) is 0 Å². The number of carbonyl (C=O) groups is 1. The van der Waals surface area contributed by atoms with Gasteiger partial charge in [0.15, 0.2) is 0 Å². The standard InChI is InChI=1S/C22H35NO3S.C3H8/c1-9-11-13-23(7)19(12-10-2)20(22(26,27-8)21(24)25)18(6)15-17(5)14-16(3)4;1-3-2/h10,12,14-15,26H,6,9,11,13H2,1-5,7-8H3,(H,24,25);3H2,1-2H3/b12-10-,17-15-,20-19+;. The molecular weight excluding hydrogens is 394 g/mol. The van der Waals surface area contributed by atoms with Crippen molar-refractivity contribution >= 4 is 17.7 Å². The zero-order valence-electron chi connectivity index (χ0n) is 20.5. The molecule has 0 spiro atoms. The topological polar surface area (TPSA) is 60.8 Å². The molecule has 0 aromatic rings. The molecule has 172 valence electrons. The highest BCUT2D eigenvalue weighted by Crippen LogP contribution is 2.37. The number of carboxylic acid groups (broad SMARTS) is 1. The zero-order valence-corrected chi connectivity index (χ0v) is 21.3. The van der Waals surface area contributed by atoms with E-state index in [9.17, 15) is 15.0 Å². The lowest BCUT2D eigenvalue weighted by Gasteiger charge is -2.31. The van der Waals surface area contributed by atoms with Crippen LogP contribution in [0, 0.1) is 0 Å². The first-order chi connectivity index (χ1) is 14.0. The molecule has 0 aromatic heterocycles. The summed E-state index contributed by atoms with van der Waals surface area (Å²) in [6.07, 6.45) is 12.3. The third-order valence-electron chi connectivity index (χ3n) is 4.00. The molecule has 0 amide bonds. The number of nitrogens with zero attached hydrogens (tertiary/aromatic N) is 1. The predicted molar refractivity (Wildman–Crippen MR) is 134 cm³/mol. The van der Waals surface area contributed by atoms with Crippen LogP contribution < -0.4 is 0 Å². The first-order valence-electron chi connectivity index (χ1n) is 10.6. The molecule has 0 fully saturated rings. The average molecular weight is 438 g/mol. The van der Waals surface area contributed by atoms with Gasteiger partial charge in [0.1, 0.15) is 0 Å². The number of allylic oxidation sites excluding steroid dienone is 6. The molecule has 0 aliphatic heterocycles. The van der Waals surface area contributed by atoms with Crippen molar-refractivity contribution < 1.29 is 15.0 Å². The van der Waals surface area contributed by atoms with Gasteiger partial charge in [-0.2, -0.15) is 0 Å². The number of carboxylic acids is 1. The minimum atomic E-state index is -2.09. The first-order valence-corrected chi connectivity index (χ1v) is 11.8. The predicted octanol–water partition coefficient (Wildman–Crippen LogP) is 6.57. The molecule has 0 rings (SSSR count). The quantitative estimate of drug-likeness (QED) is 0.283. The van der Waals surface area contributed by atoms with Crippen LogP contribution >= 0.6 is 11.8 Å². The number of hydrogen-bond donors (Lipinski definition) is 2. The van der Waals surface area contributed by atoms with Gasteiger partial charge >= 0.3 is 5.97 Å². The minimum Gasteiger partial charge on any atom is -0.478 e. The molecule has 0 saturated heterocycles. The zero-order chi connectivity index (χ0) is 23.9. The first kappa shape index (κ1) is 30.5. The number of unbranched alkanes of at least 4 members (excludes halogenated alkanes) is 1. The van der Waals surface area contributed by atoms with Gasteiger partial charge in [-0.25, -0.2) is 4.79 Å². The number of hydrogen-bond acceptors (Lipinski definition) is 4. The third kappa shape index (κ3) is 10.4. The maximum Gasteiger partial charge on any atom is 0.351 e. The Kier molecular flexibility index (Phi) is 16.3. The minimum absolute atomic E-state index is 0.306. The van der Waals surface area contributed by atoms with Crippen LogP contribution in [-0.4, -0.2) is 45.9 Å². The third-order valence-corrected chi connectivity index (χ3v) is 4.97. The number of rotatable bonds is 11. The number of thioether (sulfide) groups is 1. The Morgan fingerprint density at radius 1 is 1.17 bits per heavy atom. The maximum atomic E-state index is 12.0. The van der Waals surface area contributed by atoms with Crippen LogP contribution in [0.15, 0.2) is 58.9 Å². The van der Waals surface area contributed by atoms with Crippen molar-refractivity contribution in [1.29, 1.82) is 0 Å². The average Bonchev–Trinajstić information content (AvgIpc) is 2.64. The number of aliphatic hydroxyl groups is 1. The fourth-order valence-corrected chi connectivity index (χ4v) is 3.39. The van der Waals surface area contributed by atoms with E-state index in [4.69, 9.17) is 0 Å². The van der Waals surface area contributed by atoms with E-state index in [0.29, 0.717) is 16.8 Å². The molecule has 2 N–H and O–H groups in total. The van der Waals surface area contributed by atoms with Crippen molar-refractivity contribution in [2.75, 3.05) is 19.8 Å². The van der Waals surface area contributed by atoms with Crippen molar-refractivity contribution in [3.63, 3.8) is 0 Å². The van der Waals surface area contributed by atoms with Crippen LogP contribution in [0.2, 0.25) is 0 Å². The van der Waals surface area contributed by atoms with Gasteiger partial charge in [0.2, 0.25) is 4.93 Å². The maximum absolute atomic E-state index is 12.0. The van der Waals surface area contributed by atoms with Crippen LogP contribution in [0.25, 0.3) is 0 Å². The smallest absolute Gasteiger partial charge is 0.351 e. The molecule has 0 heterocycles. The van der Waals surface area contributed by atoms with Gasteiger partial charge in [0.05, 0.1) is 0 Å². The molecule has 0 aliphatic rings. The van der Waals surface area contributed by atoms with E-state index in [1.54, 1.807) is 6.26 Å². The molecule has 5 heteroatoms. The highest BCUT2D eigenvalue weighted by atomic mass is 32.2. The van der Waals surface area contributed by atoms with Gasteiger partial charge < -0.3 is 15.1 Å². The summed E-state index contributed by atoms with van der Waals surface area (Å²) in [5.74, 6) is -1.30. The van der Waals surface area contributed by atoms with Crippen LogP contribution in [0.5, 0.6) is 0 Å². The Bertz CT molecular complexity index is 670. The Labute approximate surface area is 189 Å². The number of likely N-dealkylation sites (N-methyl/N-ethyl adjacent to an activating group) is 1. The molecular formula is C25H43NO3S. The summed E-state index contributed by atoms with van der Waals surface area (Å²) in [6.45, 7) is 19.0. The molecule has 0 radical (unpaired) electrons. The van der Waals surface area contributed by atoms with E-state index in [-0.39, 0.29) is 0 Å². The van der Waals surface area contributed by atoms with Gasteiger partial charge in [-0.15, -0.1) is 11.8 Å². The van der Waals surface area contributed by atoms with Gasteiger partial charge in [-0.3, -0.25) is 0 Å². The van der Waals surface area contributed by atoms with E-state index in [2.05, 4.69) is 27.4 Å². The summed E-state index contributed by atoms with van der Waals surface area (Å²) in [4.78, 5) is 11.9. The lowest BCUT2D eigenvalue weighted by molar-refractivity contribution is -0.146. The molecule has 0 bridgehead atoms. The molecule has 0 aromatic carbocycles. The SMILES string of the molecule is C=C(/C=C(/C)C=C(C)C)/C(=C(/C=C\C)N(C)CCCC)C(O)(SC)C(=O)O.CCC. The van der Waals surface area contributed by atoms with E-state index in [1.165, 1.54) is 6.42 Å². The normalized spacial score (nSPS) is 14.3. The van der Waals surface area contributed by atoms with Gasteiger partial charge in [-0.1, -0.05) is 69.6 Å². The van der Waals surface area contributed by atoms with Crippen molar-refractivity contribution in [3.8, 4) is 0 Å². The van der Waals surface area contributed by atoms with Crippen LogP contribution in [0.1, 0.15) is 67.7 Å². The van der Waals surface area contributed by atoms with Crippen LogP contribution in [0.4, 0.5) is 0 Å². The Morgan fingerprint density at radius 2 is 1.70 bits per heavy atom. The van der Waals surface area contributed by atoms with Crippen LogP contribution in [-0.2, 0) is 4.79 Å². The Balaban J connectivity index is 0. The van der Waals surface area contributed by atoms with E-state index in [0.717, 1.165) is 42.3 Å². The second kappa shape index (κ2) is 16.0. The second-order valence-electron chi connectivity index (χ2n) is 7.53. The highest BCUT2D eigenvalue weighted by molar-refractivity contribution is 8.00. The lowest BCUT2D eigenvalue weighted by atomic mass is 9.95. The Hall–Kier alpha value is -1.72. The molecule has 0 aliphatic carbocycles. The summed E-state index contributed by atoms with van der Waals surface area (Å²) in [5.41, 5.74) is 3.54. The van der Waals surface area contributed by atoms with Crippen molar-refractivity contribution in [2.45, 2.75) is 72.7 Å². The van der Waals surface area contributed by atoms with Crippen molar-refractivity contribution in [1.82, 2.24) is 4.90 Å². The molecule has 30 heavy (non-hydrogen) atoms. The lowest BCUT2D eigenvalue weighted by Crippen LogP contribution is -2.39. The summed E-state index contributed by atoms with van der Waals surface area (Å²) < 4.78 is 0. The Morgan fingerprint density at radius 3 is 2.07 bits per heavy atom. The largest absolute Gasteiger partial charge is 0.478 e. The highest BCUT2D eigenvalue weighted by Gasteiger charge is 2.42. The summed E-state index contributed by atoms with van der Waals surface area (Å²) in [6, 6.07) is 0. The van der Waals surface area contributed by atoms with E-state index in [1.807, 2.05) is 63.9 Å². The molecule has 1 unspecified atom stereocenters. The summed E-state index contributed by atoms with van der Waals surface area (Å²) in [7, 11) is 1.91. The van der Waals surface area contributed by atoms with E-state index < -0.39 is 10.9 Å². The fraction of sp³-hybridized carbons (Fsp3) is 0.560. The van der Waals surface area contributed by atoms with Gasteiger partial charge in [0, 0.05) is 24.9 Å². The monoisotopic (exact) mass is 437 g/mol. The second-order valence-corrected chi connectivity index (χ2v) is 8.53. The van der Waals surface area contributed by atoms with Crippen molar-refractivity contribution in [2.24, 2.45) is 0 Å². The summed E-state index contributed by atoms with van der Waals surface area (Å²) >= 11 is 0.885. The fourth-order valence-electron chi connectivity index (χ4n) is 2.77. The van der Waals surface area contributed by atoms with Gasteiger partial charge in [-0.05, 0) is 52.0 Å². The number of aliphatic carboxylic acids is 1. The molecule has 4 nitrogen and oxygen atoms in total. The summed E-state index contributed by atoms with van der Waals surface area (Å²) in [5, 5.41) is 20.8. The van der Waals surface area contributed by atoms with Crippen molar-refractivity contribution in [3.05, 3.63) is 58.9 Å². The van der Waals surface area contributed by atoms with Crippen LogP contribution in [0.3, 0.4) is 0 Å². The molecule has 0 saturated carbocycles. The van der Waals surface area contributed by atoms with E-state index >= 15 is 0 Å². The molecule has 1 atom stereocenters.